The maximum Gasteiger partial charge on any atom is 0.167 e. The first kappa shape index (κ1) is 17.2. The van der Waals surface area contributed by atoms with Crippen LogP contribution in [0.25, 0.3) is 11.2 Å². The Kier molecular flexibility index (Phi) is 5.13. The molecule has 1 aliphatic rings. The molecule has 0 saturated carbocycles. The van der Waals surface area contributed by atoms with E-state index in [0.717, 1.165) is 0 Å². The van der Waals surface area contributed by atoms with Gasteiger partial charge in [-0.3, -0.25) is 4.57 Å². The molecule has 2 aromatic heterocycles. The highest BCUT2D eigenvalue weighted by atomic mass is 35.5. The molecule has 0 aliphatic carbocycles. The molecule has 1 saturated heterocycles. The van der Waals surface area contributed by atoms with E-state index in [9.17, 15) is 10.2 Å². The molecule has 3 rings (SSSR count). The summed E-state index contributed by atoms with van der Waals surface area (Å²) >= 11 is 0. The molecule has 4 atom stereocenters. The number of rotatable bonds is 3. The minimum atomic E-state index is -1.04. The van der Waals surface area contributed by atoms with Crippen molar-refractivity contribution >= 4 is 27.9 Å². The third-order valence-electron chi connectivity index (χ3n) is 3.50. The summed E-state index contributed by atoms with van der Waals surface area (Å²) in [5.74, 6) is 0.963. The highest BCUT2D eigenvalue weighted by Gasteiger charge is 2.46. The summed E-state index contributed by atoms with van der Waals surface area (Å²) in [6, 6.07) is 0. The SMILES string of the molecule is C[S+](C)C[C@H]1O[C@@H](n2cnc3c(N)ncnc32)[C@H](O)[C@@H]1O.[Cl-]. The number of aromatic nitrogens is 4. The number of nitrogen functional groups attached to an aromatic ring is 1. The van der Waals surface area contributed by atoms with E-state index in [-0.39, 0.29) is 29.1 Å². The molecule has 8 nitrogen and oxygen atoms in total. The van der Waals surface area contributed by atoms with Crippen LogP contribution in [0.3, 0.4) is 0 Å². The molecule has 3 heterocycles. The number of nitrogens with zero attached hydrogens (tertiary/aromatic N) is 4. The van der Waals surface area contributed by atoms with Gasteiger partial charge in [-0.25, -0.2) is 15.0 Å². The Morgan fingerprint density at radius 3 is 2.68 bits per heavy atom. The van der Waals surface area contributed by atoms with Crippen LogP contribution >= 0.6 is 0 Å². The van der Waals surface area contributed by atoms with Crippen LogP contribution in [0.1, 0.15) is 6.23 Å². The first-order valence-corrected chi connectivity index (χ1v) is 8.69. The molecule has 1 aliphatic heterocycles. The van der Waals surface area contributed by atoms with Crippen LogP contribution < -0.4 is 18.1 Å². The molecule has 22 heavy (non-hydrogen) atoms. The van der Waals surface area contributed by atoms with Crippen LogP contribution in [0.5, 0.6) is 0 Å². The number of ether oxygens (including phenoxy) is 1. The Balaban J connectivity index is 0.00000176. The van der Waals surface area contributed by atoms with Gasteiger partial charge in [0.05, 0.1) is 18.8 Å². The number of aliphatic hydroxyl groups excluding tert-OH is 2. The largest absolute Gasteiger partial charge is 1.00 e. The average molecular weight is 348 g/mol. The zero-order valence-corrected chi connectivity index (χ0v) is 13.7. The van der Waals surface area contributed by atoms with E-state index in [1.807, 2.05) is 0 Å². The molecular weight excluding hydrogens is 330 g/mol. The van der Waals surface area contributed by atoms with Gasteiger partial charge in [-0.1, -0.05) is 0 Å². The van der Waals surface area contributed by atoms with E-state index in [2.05, 4.69) is 27.5 Å². The minimum absolute atomic E-state index is 0. The van der Waals surface area contributed by atoms with Crippen LogP contribution in [0.4, 0.5) is 5.82 Å². The Labute approximate surface area is 136 Å². The Morgan fingerprint density at radius 1 is 1.27 bits per heavy atom. The molecule has 0 unspecified atom stereocenters. The van der Waals surface area contributed by atoms with Crippen LogP contribution in [-0.4, -0.2) is 66.3 Å². The van der Waals surface area contributed by atoms with Gasteiger partial charge in [0.25, 0.3) is 0 Å². The molecule has 122 valence electrons. The number of anilines is 1. The van der Waals surface area contributed by atoms with Gasteiger partial charge in [-0.05, 0) is 10.9 Å². The fourth-order valence-electron chi connectivity index (χ4n) is 2.48. The number of imidazole rings is 1. The van der Waals surface area contributed by atoms with E-state index in [0.29, 0.717) is 16.9 Å². The Bertz CT molecular complexity index is 655. The lowest BCUT2D eigenvalue weighted by Gasteiger charge is -2.16. The van der Waals surface area contributed by atoms with Crippen molar-refractivity contribution in [3.8, 4) is 0 Å². The Hall–Kier alpha value is -1.13. The quantitative estimate of drug-likeness (QED) is 0.483. The predicted molar refractivity (Wildman–Crippen MR) is 79.7 cm³/mol. The molecule has 1 fully saturated rings. The third-order valence-corrected chi connectivity index (χ3v) is 4.49. The first-order valence-electron chi connectivity index (χ1n) is 6.48. The molecule has 0 bridgehead atoms. The zero-order valence-electron chi connectivity index (χ0n) is 12.1. The highest BCUT2D eigenvalue weighted by Crippen LogP contribution is 2.32. The summed E-state index contributed by atoms with van der Waals surface area (Å²) < 4.78 is 7.41. The van der Waals surface area contributed by atoms with Gasteiger partial charge >= 0.3 is 0 Å². The van der Waals surface area contributed by atoms with E-state index < -0.39 is 24.5 Å². The molecule has 0 aromatic carbocycles. The van der Waals surface area contributed by atoms with Gasteiger partial charge in [0.15, 0.2) is 17.7 Å². The standard InChI is InChI=1S/C12H18N5O3S.ClH/c1-21(2)3-6-8(18)9(19)12(20-6)17-5-16-7-10(13)14-4-15-11(7)17;/h4-6,8-9,12,18-19H,3H2,1-2H3,(H2,13,14,15);1H/q+1;/p-1/t6-,8-,9-,12-;/m1./s1. The number of hydrogen-bond acceptors (Lipinski definition) is 7. The Morgan fingerprint density at radius 2 is 2.00 bits per heavy atom. The van der Waals surface area contributed by atoms with Gasteiger partial charge in [0.1, 0.15) is 35.9 Å². The number of halogens is 1. The van der Waals surface area contributed by atoms with Gasteiger partial charge in [0, 0.05) is 0 Å². The summed E-state index contributed by atoms with van der Waals surface area (Å²) in [4.78, 5) is 12.2. The lowest BCUT2D eigenvalue weighted by Crippen LogP contribution is -3.00. The lowest BCUT2D eigenvalue weighted by atomic mass is 10.1. The number of aliphatic hydroxyl groups is 2. The summed E-state index contributed by atoms with van der Waals surface area (Å²) in [6.45, 7) is 0. The summed E-state index contributed by atoms with van der Waals surface area (Å²) in [6.07, 6.45) is 3.87. The van der Waals surface area contributed by atoms with E-state index in [4.69, 9.17) is 10.5 Å². The topological polar surface area (TPSA) is 119 Å². The number of hydrogen-bond donors (Lipinski definition) is 3. The monoisotopic (exact) mass is 347 g/mol. The van der Waals surface area contributed by atoms with Crippen molar-refractivity contribution in [2.45, 2.75) is 24.5 Å². The van der Waals surface area contributed by atoms with Crippen LogP contribution in [0.2, 0.25) is 0 Å². The van der Waals surface area contributed by atoms with Gasteiger partial charge in [-0.15, -0.1) is 0 Å². The maximum absolute atomic E-state index is 10.2. The second-order valence-corrected chi connectivity index (χ2v) is 7.59. The van der Waals surface area contributed by atoms with Crippen molar-refractivity contribution in [1.29, 1.82) is 0 Å². The second-order valence-electron chi connectivity index (χ2n) is 5.28. The molecule has 0 amide bonds. The van der Waals surface area contributed by atoms with E-state index in [1.54, 1.807) is 4.57 Å². The fourth-order valence-corrected chi connectivity index (χ4v) is 3.41. The molecule has 10 heteroatoms. The fraction of sp³-hybridized carbons (Fsp3) is 0.583. The molecule has 2 aromatic rings. The minimum Gasteiger partial charge on any atom is -1.00 e. The lowest BCUT2D eigenvalue weighted by molar-refractivity contribution is -0.0289. The average Bonchev–Trinajstić information content (AvgIpc) is 2.96. The highest BCUT2D eigenvalue weighted by molar-refractivity contribution is 7.95. The van der Waals surface area contributed by atoms with Crippen molar-refractivity contribution in [3.05, 3.63) is 12.7 Å². The molecule has 0 radical (unpaired) electrons. The van der Waals surface area contributed by atoms with Gasteiger partial charge < -0.3 is 33.1 Å². The van der Waals surface area contributed by atoms with Crippen LogP contribution in [0.15, 0.2) is 12.7 Å². The van der Waals surface area contributed by atoms with Crippen molar-refractivity contribution in [3.63, 3.8) is 0 Å². The zero-order chi connectivity index (χ0) is 15.1. The predicted octanol–water partition coefficient (Wildman–Crippen LogP) is -4.09. The maximum atomic E-state index is 10.2. The molecule has 0 spiro atoms. The number of nitrogens with two attached hydrogens (primary N) is 1. The molecule has 4 N–H and O–H groups in total. The smallest absolute Gasteiger partial charge is 0.167 e. The van der Waals surface area contributed by atoms with Gasteiger partial charge in [0.2, 0.25) is 0 Å². The third kappa shape index (κ3) is 2.86. The second kappa shape index (κ2) is 6.55. The van der Waals surface area contributed by atoms with E-state index in [1.165, 1.54) is 12.7 Å². The van der Waals surface area contributed by atoms with Crippen molar-refractivity contribution < 1.29 is 27.4 Å². The first-order chi connectivity index (χ1) is 9.99. The van der Waals surface area contributed by atoms with Crippen molar-refractivity contribution in [1.82, 2.24) is 19.5 Å². The summed E-state index contributed by atoms with van der Waals surface area (Å²) in [5, 5.41) is 20.4. The van der Waals surface area contributed by atoms with Crippen LogP contribution in [0, 0.1) is 0 Å². The number of fused-ring (bicyclic) bond motifs is 1. The summed E-state index contributed by atoms with van der Waals surface area (Å²) in [7, 11) is 0.0998. The van der Waals surface area contributed by atoms with Crippen LogP contribution in [-0.2, 0) is 15.6 Å². The van der Waals surface area contributed by atoms with Crippen molar-refractivity contribution in [2.24, 2.45) is 0 Å². The van der Waals surface area contributed by atoms with Gasteiger partial charge in [-0.2, -0.15) is 0 Å². The summed E-state index contributed by atoms with van der Waals surface area (Å²) in [5.41, 5.74) is 6.68. The van der Waals surface area contributed by atoms with Crippen molar-refractivity contribution in [2.75, 3.05) is 24.0 Å². The normalized spacial score (nSPS) is 28.2. The van der Waals surface area contributed by atoms with E-state index >= 15 is 0 Å². The molecular formula is C12H18ClN5O3S.